The molecule has 0 aliphatic carbocycles. The second-order valence-electron chi connectivity index (χ2n) is 7.43. The van der Waals surface area contributed by atoms with Gasteiger partial charge in [-0.15, -0.1) is 0 Å². The van der Waals surface area contributed by atoms with E-state index in [0.717, 1.165) is 30.2 Å². The third kappa shape index (κ3) is 3.85. The molecule has 3 fully saturated rings. The SMILES string of the molecule is O=C1CCC(=O)N1c1ccc(S(=O)(=O)N2CCCN(C3CCSC3)CC2)cc1. The highest BCUT2D eigenvalue weighted by Gasteiger charge is 2.32. The standard InChI is InChI=1S/C19H25N3O4S2/c23-18-6-7-19(24)22(18)15-2-4-17(5-3-15)28(25,26)21-10-1-9-20(11-12-21)16-8-13-27-14-16/h2-5,16H,1,6-14H2. The highest BCUT2D eigenvalue weighted by atomic mass is 32.2. The molecule has 0 bridgehead atoms. The van der Waals surface area contributed by atoms with Gasteiger partial charge in [0.2, 0.25) is 21.8 Å². The van der Waals surface area contributed by atoms with Gasteiger partial charge in [0.25, 0.3) is 0 Å². The van der Waals surface area contributed by atoms with Gasteiger partial charge in [-0.05, 0) is 49.4 Å². The van der Waals surface area contributed by atoms with E-state index < -0.39 is 10.0 Å². The molecule has 1 unspecified atom stereocenters. The van der Waals surface area contributed by atoms with E-state index in [4.69, 9.17) is 0 Å². The summed E-state index contributed by atoms with van der Waals surface area (Å²) in [4.78, 5) is 27.5. The lowest BCUT2D eigenvalue weighted by molar-refractivity contribution is -0.121. The fraction of sp³-hybridized carbons (Fsp3) is 0.579. The molecule has 7 nitrogen and oxygen atoms in total. The summed E-state index contributed by atoms with van der Waals surface area (Å²) in [5.41, 5.74) is 0.437. The van der Waals surface area contributed by atoms with E-state index in [1.54, 1.807) is 16.4 Å². The van der Waals surface area contributed by atoms with Crippen LogP contribution in [-0.2, 0) is 19.6 Å². The first-order chi connectivity index (χ1) is 13.5. The fourth-order valence-corrected chi connectivity index (χ4v) is 6.83. The van der Waals surface area contributed by atoms with E-state index >= 15 is 0 Å². The first-order valence-electron chi connectivity index (χ1n) is 9.74. The van der Waals surface area contributed by atoms with Crippen molar-refractivity contribution in [1.82, 2.24) is 9.21 Å². The Balaban J connectivity index is 1.47. The van der Waals surface area contributed by atoms with Gasteiger partial charge in [0.05, 0.1) is 10.6 Å². The average Bonchev–Trinajstić information content (AvgIpc) is 3.25. The monoisotopic (exact) mass is 423 g/mol. The number of hydrogen-bond donors (Lipinski definition) is 0. The first kappa shape index (κ1) is 19.9. The van der Waals surface area contributed by atoms with Crippen molar-refractivity contribution < 1.29 is 18.0 Å². The fourth-order valence-electron chi connectivity index (χ4n) is 4.11. The van der Waals surface area contributed by atoms with Gasteiger partial charge >= 0.3 is 0 Å². The van der Waals surface area contributed by atoms with E-state index in [1.165, 1.54) is 24.3 Å². The van der Waals surface area contributed by atoms with Crippen LogP contribution in [-0.4, -0.2) is 73.2 Å². The number of thioether (sulfide) groups is 1. The number of imide groups is 1. The zero-order valence-corrected chi connectivity index (χ0v) is 17.4. The highest BCUT2D eigenvalue weighted by molar-refractivity contribution is 7.99. The summed E-state index contributed by atoms with van der Waals surface area (Å²) in [5, 5.41) is 0. The Morgan fingerprint density at radius 1 is 0.929 bits per heavy atom. The molecule has 2 amide bonds. The van der Waals surface area contributed by atoms with Crippen LogP contribution in [0, 0.1) is 0 Å². The van der Waals surface area contributed by atoms with E-state index in [2.05, 4.69) is 4.90 Å². The molecule has 1 atom stereocenters. The zero-order valence-electron chi connectivity index (χ0n) is 15.7. The van der Waals surface area contributed by atoms with Gasteiger partial charge in [0, 0.05) is 44.3 Å². The van der Waals surface area contributed by atoms with Gasteiger partial charge in [-0.2, -0.15) is 16.1 Å². The van der Waals surface area contributed by atoms with Crippen LogP contribution in [0.4, 0.5) is 5.69 Å². The largest absolute Gasteiger partial charge is 0.298 e. The van der Waals surface area contributed by atoms with Gasteiger partial charge in [0.15, 0.2) is 0 Å². The smallest absolute Gasteiger partial charge is 0.243 e. The number of hydrogen-bond acceptors (Lipinski definition) is 6. The number of anilines is 1. The van der Waals surface area contributed by atoms with Crippen LogP contribution in [0.15, 0.2) is 29.2 Å². The summed E-state index contributed by atoms with van der Waals surface area (Å²) >= 11 is 1.97. The molecule has 0 radical (unpaired) electrons. The lowest BCUT2D eigenvalue weighted by atomic mass is 10.2. The third-order valence-electron chi connectivity index (χ3n) is 5.70. The van der Waals surface area contributed by atoms with Crippen LogP contribution in [0.5, 0.6) is 0 Å². The van der Waals surface area contributed by atoms with Crippen molar-refractivity contribution in [2.75, 3.05) is 42.6 Å². The number of carbonyl (C=O) groups is 2. The predicted molar refractivity (Wildman–Crippen MR) is 109 cm³/mol. The van der Waals surface area contributed by atoms with E-state index in [-0.39, 0.29) is 29.6 Å². The maximum Gasteiger partial charge on any atom is 0.243 e. The van der Waals surface area contributed by atoms with Crippen molar-refractivity contribution in [2.45, 2.75) is 36.6 Å². The average molecular weight is 424 g/mol. The van der Waals surface area contributed by atoms with Crippen molar-refractivity contribution >= 4 is 39.3 Å². The molecule has 152 valence electrons. The summed E-state index contributed by atoms with van der Waals surface area (Å²) in [6, 6.07) is 6.67. The second kappa shape index (κ2) is 8.14. The van der Waals surface area contributed by atoms with Gasteiger partial charge in [-0.25, -0.2) is 8.42 Å². The Kier molecular flexibility index (Phi) is 5.78. The van der Waals surface area contributed by atoms with Crippen LogP contribution in [0.1, 0.15) is 25.7 Å². The Morgan fingerprint density at radius 2 is 1.64 bits per heavy atom. The van der Waals surface area contributed by atoms with Gasteiger partial charge in [-0.3, -0.25) is 19.4 Å². The molecule has 1 aromatic rings. The normalized spacial score (nSPS) is 25.4. The topological polar surface area (TPSA) is 78.0 Å². The summed E-state index contributed by atoms with van der Waals surface area (Å²) in [7, 11) is -3.59. The first-order valence-corrected chi connectivity index (χ1v) is 12.3. The quantitative estimate of drug-likeness (QED) is 0.684. The lowest BCUT2D eigenvalue weighted by Crippen LogP contribution is -2.39. The molecule has 1 aromatic carbocycles. The molecule has 0 aromatic heterocycles. The summed E-state index contributed by atoms with van der Waals surface area (Å²) in [5.74, 6) is 1.86. The zero-order chi connectivity index (χ0) is 19.7. The van der Waals surface area contributed by atoms with Gasteiger partial charge in [-0.1, -0.05) is 0 Å². The number of rotatable bonds is 4. The van der Waals surface area contributed by atoms with Crippen molar-refractivity contribution in [1.29, 1.82) is 0 Å². The van der Waals surface area contributed by atoms with E-state index in [1.807, 2.05) is 11.8 Å². The lowest BCUT2D eigenvalue weighted by Gasteiger charge is -2.26. The molecule has 9 heteroatoms. The van der Waals surface area contributed by atoms with Gasteiger partial charge in [0.1, 0.15) is 0 Å². The molecular weight excluding hydrogens is 398 g/mol. The van der Waals surface area contributed by atoms with Crippen LogP contribution in [0.3, 0.4) is 0 Å². The van der Waals surface area contributed by atoms with E-state index in [0.29, 0.717) is 24.8 Å². The van der Waals surface area contributed by atoms with E-state index in [9.17, 15) is 18.0 Å². The minimum absolute atomic E-state index is 0.209. The number of nitrogens with zero attached hydrogens (tertiary/aromatic N) is 3. The number of benzene rings is 1. The van der Waals surface area contributed by atoms with Crippen LogP contribution in [0.2, 0.25) is 0 Å². The van der Waals surface area contributed by atoms with Crippen molar-refractivity contribution in [3.8, 4) is 0 Å². The summed E-state index contributed by atoms with van der Waals surface area (Å²) in [6.45, 7) is 2.71. The molecule has 3 heterocycles. The molecule has 0 N–H and O–H groups in total. The number of amides is 2. The molecule has 0 saturated carbocycles. The van der Waals surface area contributed by atoms with Gasteiger partial charge < -0.3 is 0 Å². The molecule has 4 rings (SSSR count). The molecular formula is C19H25N3O4S2. The van der Waals surface area contributed by atoms with Crippen LogP contribution < -0.4 is 4.90 Å². The molecule has 28 heavy (non-hydrogen) atoms. The Labute approximate surface area is 170 Å². The number of carbonyl (C=O) groups excluding carboxylic acids is 2. The summed E-state index contributed by atoms with van der Waals surface area (Å²) in [6.07, 6.45) is 2.44. The third-order valence-corrected chi connectivity index (χ3v) is 8.75. The summed E-state index contributed by atoms with van der Waals surface area (Å²) < 4.78 is 27.7. The molecule has 0 spiro atoms. The van der Waals surface area contributed by atoms with Crippen molar-refractivity contribution in [2.24, 2.45) is 0 Å². The maximum absolute atomic E-state index is 13.1. The van der Waals surface area contributed by atoms with Crippen molar-refractivity contribution in [3.05, 3.63) is 24.3 Å². The predicted octanol–water partition coefficient (Wildman–Crippen LogP) is 1.54. The number of sulfonamides is 1. The van der Waals surface area contributed by atoms with Crippen molar-refractivity contribution in [3.63, 3.8) is 0 Å². The minimum atomic E-state index is -3.59. The highest BCUT2D eigenvalue weighted by Crippen LogP contribution is 2.27. The molecule has 3 aliphatic heterocycles. The minimum Gasteiger partial charge on any atom is -0.298 e. The maximum atomic E-state index is 13.1. The molecule has 3 saturated heterocycles. The van der Waals surface area contributed by atoms with Crippen LogP contribution in [0.25, 0.3) is 0 Å². The Morgan fingerprint density at radius 3 is 2.29 bits per heavy atom. The Hall–Kier alpha value is -1.42. The Bertz CT molecular complexity index is 834. The molecule has 3 aliphatic rings. The second-order valence-corrected chi connectivity index (χ2v) is 10.5. The van der Waals surface area contributed by atoms with Crippen LogP contribution >= 0.6 is 11.8 Å².